The molecule has 5 aromatic carbocycles. The fourth-order valence-corrected chi connectivity index (χ4v) is 5.90. The largest absolute Gasteiger partial charge is 0.460 e. The Hall–Kier alpha value is -5.51. The number of halogens is 9. The third kappa shape index (κ3) is 6.35. The highest BCUT2D eigenvalue weighted by atomic mass is 32.2. The van der Waals surface area contributed by atoms with Crippen LogP contribution in [0.4, 0.5) is 39.5 Å². The molecule has 0 N–H and O–H groups in total. The molecule has 6 nitrogen and oxygen atoms in total. The maximum Gasteiger partial charge on any atom is 0.460 e. The van der Waals surface area contributed by atoms with Gasteiger partial charge in [0.05, 0.1) is 0 Å². The van der Waals surface area contributed by atoms with Gasteiger partial charge in [-0.25, -0.2) is 15.0 Å². The molecule has 16 heteroatoms. The molecule has 0 bridgehead atoms. The summed E-state index contributed by atoms with van der Waals surface area (Å²) >= 11 is 0. The molecule has 0 saturated heterocycles. The molecule has 51 heavy (non-hydrogen) atoms. The van der Waals surface area contributed by atoms with Crippen LogP contribution >= 0.6 is 0 Å². The van der Waals surface area contributed by atoms with E-state index in [1.54, 1.807) is 30.3 Å². The van der Waals surface area contributed by atoms with Crippen LogP contribution in [0.15, 0.2) is 121 Å². The van der Waals surface area contributed by atoms with Gasteiger partial charge in [0, 0.05) is 16.7 Å². The van der Waals surface area contributed by atoms with Gasteiger partial charge in [-0.15, -0.1) is 0 Å². The van der Waals surface area contributed by atoms with Crippen molar-refractivity contribution < 1.29 is 52.1 Å². The van der Waals surface area contributed by atoms with E-state index in [1.807, 2.05) is 60.7 Å². The zero-order valence-electron chi connectivity index (χ0n) is 25.4. The van der Waals surface area contributed by atoms with E-state index >= 15 is 0 Å². The molecule has 0 radical (unpaired) electrons. The Bertz CT molecular complexity index is 2270. The minimum absolute atomic E-state index is 0.123. The Balaban J connectivity index is 1.31. The van der Waals surface area contributed by atoms with Gasteiger partial charge in [0.1, 0.15) is 5.75 Å². The minimum Gasteiger partial charge on any atom is -0.378 e. The first kappa shape index (κ1) is 35.3. The number of aromatic nitrogens is 3. The molecule has 0 aliphatic rings. The average Bonchev–Trinajstić information content (AvgIpc) is 3.11. The molecule has 6 rings (SSSR count). The average molecular weight is 734 g/mol. The van der Waals surface area contributed by atoms with Crippen LogP contribution in [-0.2, 0) is 10.1 Å². The van der Waals surface area contributed by atoms with Gasteiger partial charge >= 0.3 is 33.4 Å². The monoisotopic (exact) mass is 733 g/mol. The van der Waals surface area contributed by atoms with Gasteiger partial charge < -0.3 is 4.18 Å². The smallest absolute Gasteiger partial charge is 0.378 e. The second-order valence-corrected chi connectivity index (χ2v) is 12.6. The lowest BCUT2D eigenvalue weighted by molar-refractivity contribution is -0.382. The molecule has 1 heterocycles. The zero-order chi connectivity index (χ0) is 36.8. The molecule has 0 amide bonds. The Morgan fingerprint density at radius 3 is 1.45 bits per heavy atom. The molecule has 1 aromatic heterocycles. The van der Waals surface area contributed by atoms with E-state index in [2.05, 4.69) is 19.1 Å². The van der Waals surface area contributed by atoms with Crippen LogP contribution in [0.5, 0.6) is 5.75 Å². The lowest BCUT2D eigenvalue weighted by Gasteiger charge is -2.32. The lowest BCUT2D eigenvalue weighted by Crippen LogP contribution is -2.63. The van der Waals surface area contributed by atoms with Crippen LogP contribution in [0.2, 0.25) is 0 Å². The number of fused-ring (bicyclic) bond motifs is 1. The van der Waals surface area contributed by atoms with Crippen molar-refractivity contribution in [3.05, 3.63) is 121 Å². The van der Waals surface area contributed by atoms with E-state index in [0.29, 0.717) is 39.5 Å². The number of nitrogens with zero attached hydrogens (tertiary/aromatic N) is 3. The van der Waals surface area contributed by atoms with Crippen molar-refractivity contribution in [3.8, 4) is 51.0 Å². The summed E-state index contributed by atoms with van der Waals surface area (Å²) in [5, 5.41) is -6.48. The maximum atomic E-state index is 14.2. The predicted octanol–water partition coefficient (Wildman–Crippen LogP) is 9.83. The van der Waals surface area contributed by atoms with Crippen molar-refractivity contribution >= 4 is 20.9 Å². The maximum absolute atomic E-state index is 14.2. The molecule has 262 valence electrons. The molecule has 0 aliphatic heterocycles. The lowest BCUT2D eigenvalue weighted by atomic mass is 9.97. The van der Waals surface area contributed by atoms with Crippen molar-refractivity contribution in [1.82, 2.24) is 15.0 Å². The molecule has 0 aliphatic carbocycles. The molecule has 0 saturated carbocycles. The van der Waals surface area contributed by atoms with Gasteiger partial charge in [0.2, 0.25) is 0 Å². The molecular weight excluding hydrogens is 713 g/mol. The van der Waals surface area contributed by atoms with Crippen LogP contribution in [-0.4, -0.2) is 46.6 Å². The van der Waals surface area contributed by atoms with Crippen molar-refractivity contribution in [3.63, 3.8) is 0 Å². The summed E-state index contributed by atoms with van der Waals surface area (Å²) in [5.74, 6) is -14.6. The quantitative estimate of drug-likeness (QED) is 0.109. The Labute approximate surface area is 283 Å². The summed E-state index contributed by atoms with van der Waals surface area (Å²) in [6.45, 7) is 0. The fourth-order valence-electron chi connectivity index (χ4n) is 5.00. The Kier molecular flexibility index (Phi) is 8.78. The van der Waals surface area contributed by atoms with Crippen LogP contribution < -0.4 is 4.18 Å². The number of hydrogen-bond acceptors (Lipinski definition) is 6. The van der Waals surface area contributed by atoms with Crippen molar-refractivity contribution in [2.75, 3.05) is 0 Å². The van der Waals surface area contributed by atoms with Crippen LogP contribution in [0.1, 0.15) is 0 Å². The van der Waals surface area contributed by atoms with Gasteiger partial charge in [-0.05, 0) is 34.0 Å². The van der Waals surface area contributed by atoms with Crippen molar-refractivity contribution in [1.29, 1.82) is 0 Å². The standard InChI is InChI=1S/C35H20F9N3O3S/c36-32(37,34(40,41)42)33(38,39)35(43,44)51(48,49)50-26-18-19-28-25(20-26)12-7-13-27(28)21-14-16-24(17-15-21)31-46-29(22-8-3-1-4-9-22)45-30(47-31)23-10-5-2-6-11-23/h1-20H. The predicted molar refractivity (Wildman–Crippen MR) is 170 cm³/mol. The number of alkyl halides is 9. The van der Waals surface area contributed by atoms with Crippen molar-refractivity contribution in [2.24, 2.45) is 0 Å². The summed E-state index contributed by atoms with van der Waals surface area (Å²) in [6, 6.07) is 32.7. The summed E-state index contributed by atoms with van der Waals surface area (Å²) in [4.78, 5) is 14.0. The van der Waals surface area contributed by atoms with E-state index in [-0.39, 0.29) is 5.39 Å². The summed E-state index contributed by atoms with van der Waals surface area (Å²) in [7, 11) is -7.10. The summed E-state index contributed by atoms with van der Waals surface area (Å²) in [6.07, 6.45) is -7.20. The molecule has 0 fully saturated rings. The Morgan fingerprint density at radius 1 is 0.490 bits per heavy atom. The second-order valence-electron chi connectivity index (χ2n) is 11.0. The summed E-state index contributed by atoms with van der Waals surface area (Å²) < 4.78 is 148. The third-order valence-electron chi connectivity index (χ3n) is 7.64. The molecule has 0 atom stereocenters. The van der Waals surface area contributed by atoms with Gasteiger partial charge in [0.15, 0.2) is 17.5 Å². The van der Waals surface area contributed by atoms with E-state index in [4.69, 9.17) is 0 Å². The molecule has 6 aromatic rings. The highest BCUT2D eigenvalue weighted by molar-refractivity contribution is 7.88. The van der Waals surface area contributed by atoms with Gasteiger partial charge in [-0.2, -0.15) is 47.9 Å². The first-order chi connectivity index (χ1) is 23.9. The fraction of sp³-hybridized carbons (Fsp3) is 0.114. The van der Waals surface area contributed by atoms with Crippen molar-refractivity contribution in [2.45, 2.75) is 23.3 Å². The molecular formula is C35H20F9N3O3S. The molecule has 0 spiro atoms. The normalized spacial score (nSPS) is 13.0. The summed E-state index contributed by atoms with van der Waals surface area (Å²) in [5.41, 5.74) is 3.27. The van der Waals surface area contributed by atoms with Gasteiger partial charge in [-0.3, -0.25) is 0 Å². The number of rotatable bonds is 9. The van der Waals surface area contributed by atoms with Crippen LogP contribution in [0.25, 0.3) is 56.1 Å². The number of hydrogen-bond donors (Lipinski definition) is 0. The van der Waals surface area contributed by atoms with Gasteiger partial charge in [-0.1, -0.05) is 109 Å². The minimum atomic E-state index is -7.42. The molecule has 0 unspecified atom stereocenters. The van der Waals surface area contributed by atoms with E-state index in [0.717, 1.165) is 23.3 Å². The van der Waals surface area contributed by atoms with E-state index < -0.39 is 39.1 Å². The first-order valence-electron chi connectivity index (χ1n) is 14.6. The highest BCUT2D eigenvalue weighted by Gasteiger charge is 2.86. The third-order valence-corrected chi connectivity index (χ3v) is 8.94. The number of benzene rings is 5. The first-order valence-corrected chi connectivity index (χ1v) is 16.0. The Morgan fingerprint density at radius 2 is 0.961 bits per heavy atom. The van der Waals surface area contributed by atoms with E-state index in [1.165, 1.54) is 18.2 Å². The van der Waals surface area contributed by atoms with Crippen LogP contribution in [0, 0.1) is 0 Å². The van der Waals surface area contributed by atoms with Crippen LogP contribution in [0.3, 0.4) is 0 Å². The SMILES string of the molecule is O=S(=O)(Oc1ccc2c(-c3ccc(-c4nc(-c5ccccc5)nc(-c5ccccc5)n4)cc3)cccc2c1)C(F)(F)C(F)(F)C(F)(F)C(F)(F)F. The topological polar surface area (TPSA) is 82.0 Å². The highest BCUT2D eigenvalue weighted by Crippen LogP contribution is 2.55. The van der Waals surface area contributed by atoms with Gasteiger partial charge in [0.25, 0.3) is 0 Å². The van der Waals surface area contributed by atoms with E-state index in [9.17, 15) is 47.9 Å². The zero-order valence-corrected chi connectivity index (χ0v) is 26.2. The second kappa shape index (κ2) is 12.7.